The van der Waals surface area contributed by atoms with Gasteiger partial charge in [-0.1, -0.05) is 29.8 Å². The highest BCUT2D eigenvalue weighted by atomic mass is 32.2. The number of hydrogen-bond donors (Lipinski definition) is 2. The minimum atomic E-state index is -0.813. The van der Waals surface area contributed by atoms with Crippen LogP contribution in [-0.2, 0) is 9.59 Å². The molecule has 0 heterocycles. The first-order valence-electron chi connectivity index (χ1n) is 7.35. The zero-order valence-electron chi connectivity index (χ0n) is 13.8. The van der Waals surface area contributed by atoms with Crippen LogP contribution in [0.5, 0.6) is 0 Å². The van der Waals surface area contributed by atoms with E-state index in [2.05, 4.69) is 15.8 Å². The summed E-state index contributed by atoms with van der Waals surface area (Å²) in [5.41, 5.74) is 5.66. The number of benzene rings is 2. The van der Waals surface area contributed by atoms with Gasteiger partial charge in [0.25, 0.3) is 0 Å². The second kappa shape index (κ2) is 8.31. The first-order chi connectivity index (χ1) is 11.5. The van der Waals surface area contributed by atoms with Crippen LogP contribution in [-0.4, -0.2) is 24.3 Å². The lowest BCUT2D eigenvalue weighted by Crippen LogP contribution is -2.32. The molecule has 2 amide bonds. The Balaban J connectivity index is 1.91. The Morgan fingerprint density at radius 2 is 1.75 bits per heavy atom. The molecule has 0 aliphatic heterocycles. The van der Waals surface area contributed by atoms with E-state index in [1.807, 2.05) is 56.5 Å². The average molecular weight is 341 g/mol. The molecule has 0 aliphatic rings. The summed E-state index contributed by atoms with van der Waals surface area (Å²) in [6, 6.07) is 13.3. The van der Waals surface area contributed by atoms with Crippen LogP contribution in [0.25, 0.3) is 0 Å². The summed E-state index contributed by atoms with van der Waals surface area (Å²) >= 11 is 1.65. The van der Waals surface area contributed by atoms with E-state index in [1.165, 1.54) is 6.21 Å². The molecule has 24 heavy (non-hydrogen) atoms. The molecule has 0 radical (unpaired) electrons. The van der Waals surface area contributed by atoms with Gasteiger partial charge in [-0.05, 0) is 49.4 Å². The number of aryl methyl sites for hydroxylation is 2. The zero-order chi connectivity index (χ0) is 17.5. The number of carbonyl (C=O) groups excluding carboxylic acids is 2. The minimum absolute atomic E-state index is 0.609. The Bertz CT molecular complexity index is 770. The maximum atomic E-state index is 11.9. The van der Waals surface area contributed by atoms with Crippen LogP contribution in [0.2, 0.25) is 0 Å². The van der Waals surface area contributed by atoms with Crippen molar-refractivity contribution in [2.45, 2.75) is 18.7 Å². The van der Waals surface area contributed by atoms with Gasteiger partial charge in [-0.2, -0.15) is 5.10 Å². The first kappa shape index (κ1) is 17.7. The summed E-state index contributed by atoms with van der Waals surface area (Å²) in [4.78, 5) is 24.8. The molecular weight excluding hydrogens is 322 g/mol. The third-order valence-corrected chi connectivity index (χ3v) is 4.08. The maximum absolute atomic E-state index is 11.9. The third-order valence-electron chi connectivity index (χ3n) is 3.33. The molecule has 0 aromatic heterocycles. The molecule has 2 aromatic rings. The SMILES string of the molecule is CSc1ccc(/C=N/NC(=O)C(=O)Nc2ccc(C)cc2C)cc1. The number of nitrogens with one attached hydrogen (secondary N) is 2. The van der Waals surface area contributed by atoms with Gasteiger partial charge in [-0.25, -0.2) is 5.43 Å². The second-order valence-electron chi connectivity index (χ2n) is 5.24. The summed E-state index contributed by atoms with van der Waals surface area (Å²) < 4.78 is 0. The molecular formula is C18H19N3O2S. The standard InChI is InChI=1S/C18H19N3O2S/c1-12-4-9-16(13(2)10-12)20-17(22)18(23)21-19-11-14-5-7-15(24-3)8-6-14/h4-11H,1-3H3,(H,20,22)(H,21,23)/b19-11+. The fourth-order valence-corrected chi connectivity index (χ4v) is 2.45. The van der Waals surface area contributed by atoms with Crippen LogP contribution in [0.4, 0.5) is 5.69 Å². The normalized spacial score (nSPS) is 10.6. The Hall–Kier alpha value is -2.60. The molecule has 0 bridgehead atoms. The average Bonchev–Trinajstić information content (AvgIpc) is 2.57. The summed E-state index contributed by atoms with van der Waals surface area (Å²) in [6.07, 6.45) is 3.49. The number of rotatable bonds is 4. The van der Waals surface area contributed by atoms with E-state index in [1.54, 1.807) is 17.8 Å². The van der Waals surface area contributed by atoms with Crippen LogP contribution in [0.3, 0.4) is 0 Å². The number of carbonyl (C=O) groups is 2. The predicted octanol–water partition coefficient (Wildman–Crippen LogP) is 3.11. The molecule has 0 spiro atoms. The molecule has 124 valence electrons. The van der Waals surface area contributed by atoms with Crippen molar-refractivity contribution in [2.24, 2.45) is 5.10 Å². The number of anilines is 1. The van der Waals surface area contributed by atoms with E-state index in [4.69, 9.17) is 0 Å². The van der Waals surface area contributed by atoms with Crippen LogP contribution < -0.4 is 10.7 Å². The molecule has 2 rings (SSSR count). The van der Waals surface area contributed by atoms with E-state index >= 15 is 0 Å². The number of amides is 2. The van der Waals surface area contributed by atoms with Crippen LogP contribution in [0, 0.1) is 13.8 Å². The molecule has 5 nitrogen and oxygen atoms in total. The van der Waals surface area contributed by atoms with Gasteiger partial charge in [-0.3, -0.25) is 9.59 Å². The van der Waals surface area contributed by atoms with Gasteiger partial charge in [-0.15, -0.1) is 11.8 Å². The highest BCUT2D eigenvalue weighted by molar-refractivity contribution is 7.98. The molecule has 6 heteroatoms. The molecule has 2 N–H and O–H groups in total. The van der Waals surface area contributed by atoms with Crippen molar-refractivity contribution < 1.29 is 9.59 Å². The smallest absolute Gasteiger partial charge is 0.317 e. The predicted molar refractivity (Wildman–Crippen MR) is 98.5 cm³/mol. The Morgan fingerprint density at radius 1 is 1.04 bits per heavy atom. The summed E-state index contributed by atoms with van der Waals surface area (Å²) in [5.74, 6) is -1.57. The van der Waals surface area contributed by atoms with E-state index in [0.717, 1.165) is 21.6 Å². The van der Waals surface area contributed by atoms with Gasteiger partial charge >= 0.3 is 11.8 Å². The Kier molecular flexibility index (Phi) is 6.14. The van der Waals surface area contributed by atoms with Gasteiger partial charge in [0.05, 0.1) is 6.21 Å². The fraction of sp³-hybridized carbons (Fsp3) is 0.167. The highest BCUT2D eigenvalue weighted by Crippen LogP contribution is 2.16. The summed E-state index contributed by atoms with van der Waals surface area (Å²) in [7, 11) is 0. The summed E-state index contributed by atoms with van der Waals surface area (Å²) in [5, 5.41) is 6.38. The van der Waals surface area contributed by atoms with Gasteiger partial charge < -0.3 is 5.32 Å². The van der Waals surface area contributed by atoms with Gasteiger partial charge in [0.15, 0.2) is 0 Å². The topological polar surface area (TPSA) is 70.6 Å². The third kappa shape index (κ3) is 4.96. The molecule has 2 aromatic carbocycles. The number of nitrogens with zero attached hydrogens (tertiary/aromatic N) is 1. The van der Waals surface area contributed by atoms with Crippen molar-refractivity contribution >= 4 is 35.5 Å². The second-order valence-corrected chi connectivity index (χ2v) is 6.12. The first-order valence-corrected chi connectivity index (χ1v) is 8.58. The van der Waals surface area contributed by atoms with Gasteiger partial charge in [0.2, 0.25) is 0 Å². The summed E-state index contributed by atoms with van der Waals surface area (Å²) in [6.45, 7) is 3.84. The highest BCUT2D eigenvalue weighted by Gasteiger charge is 2.13. The van der Waals surface area contributed by atoms with E-state index in [9.17, 15) is 9.59 Å². The fourth-order valence-electron chi connectivity index (χ4n) is 2.04. The van der Waals surface area contributed by atoms with E-state index in [-0.39, 0.29) is 0 Å². The van der Waals surface area contributed by atoms with Crippen molar-refractivity contribution in [1.29, 1.82) is 0 Å². The lowest BCUT2D eigenvalue weighted by molar-refractivity contribution is -0.136. The maximum Gasteiger partial charge on any atom is 0.329 e. The molecule has 0 atom stereocenters. The number of hydrogen-bond acceptors (Lipinski definition) is 4. The molecule has 0 saturated carbocycles. The molecule has 0 unspecified atom stereocenters. The van der Waals surface area contributed by atoms with Crippen LogP contribution in [0.1, 0.15) is 16.7 Å². The lowest BCUT2D eigenvalue weighted by atomic mass is 10.1. The van der Waals surface area contributed by atoms with Crippen molar-refractivity contribution in [2.75, 3.05) is 11.6 Å². The van der Waals surface area contributed by atoms with Gasteiger partial charge in [0.1, 0.15) is 0 Å². The minimum Gasteiger partial charge on any atom is -0.317 e. The number of hydrazone groups is 1. The number of thioether (sulfide) groups is 1. The van der Waals surface area contributed by atoms with Gasteiger partial charge in [0, 0.05) is 10.6 Å². The van der Waals surface area contributed by atoms with E-state index < -0.39 is 11.8 Å². The molecule has 0 fully saturated rings. The van der Waals surface area contributed by atoms with Crippen LogP contribution >= 0.6 is 11.8 Å². The quantitative estimate of drug-likeness (QED) is 0.388. The van der Waals surface area contributed by atoms with Crippen molar-refractivity contribution in [3.63, 3.8) is 0 Å². The van der Waals surface area contributed by atoms with E-state index in [0.29, 0.717) is 5.69 Å². The Labute approximate surface area is 145 Å². The largest absolute Gasteiger partial charge is 0.329 e. The lowest BCUT2D eigenvalue weighted by Gasteiger charge is -2.08. The monoisotopic (exact) mass is 341 g/mol. The molecule has 0 aliphatic carbocycles. The van der Waals surface area contributed by atoms with Crippen molar-refractivity contribution in [1.82, 2.24) is 5.43 Å². The Morgan fingerprint density at radius 3 is 2.38 bits per heavy atom. The zero-order valence-corrected chi connectivity index (χ0v) is 14.6. The van der Waals surface area contributed by atoms with Crippen molar-refractivity contribution in [3.05, 3.63) is 59.2 Å². The van der Waals surface area contributed by atoms with Crippen LogP contribution in [0.15, 0.2) is 52.5 Å². The van der Waals surface area contributed by atoms with Crippen molar-refractivity contribution in [3.8, 4) is 0 Å². The molecule has 0 saturated heterocycles.